The summed E-state index contributed by atoms with van der Waals surface area (Å²) in [7, 11) is 0. The van der Waals surface area contributed by atoms with Gasteiger partial charge in [-0.2, -0.15) is 0 Å². The summed E-state index contributed by atoms with van der Waals surface area (Å²) < 4.78 is 5.27. The van der Waals surface area contributed by atoms with Crippen molar-refractivity contribution in [2.45, 2.75) is 32.2 Å². The van der Waals surface area contributed by atoms with Gasteiger partial charge in [-0.15, -0.1) is 0 Å². The molecule has 1 atom stereocenters. The number of urea groups is 1. The zero-order valence-corrected chi connectivity index (χ0v) is 11.1. The van der Waals surface area contributed by atoms with Gasteiger partial charge in [-0.25, -0.2) is 9.59 Å². The number of carbonyl (C=O) groups is 2. The molecule has 1 rings (SSSR count). The molecule has 1 unspecified atom stereocenters. The highest BCUT2D eigenvalue weighted by molar-refractivity contribution is 5.82. The van der Waals surface area contributed by atoms with Crippen LogP contribution >= 0.6 is 0 Å². The Morgan fingerprint density at radius 3 is 2.53 bits per heavy atom. The van der Waals surface area contributed by atoms with E-state index < -0.39 is 18.0 Å². The number of amides is 2. The van der Waals surface area contributed by atoms with Crippen LogP contribution in [-0.2, 0) is 9.53 Å². The van der Waals surface area contributed by atoms with Crippen LogP contribution in [0.25, 0.3) is 0 Å². The fraction of sp³-hybridized carbons (Fsp3) is 0.833. The van der Waals surface area contributed by atoms with Crippen LogP contribution in [0.4, 0.5) is 4.79 Å². The second kappa shape index (κ2) is 7.30. The first kappa shape index (κ1) is 15.7. The monoisotopic (exact) mass is 274 g/mol. The average molecular weight is 274 g/mol. The lowest BCUT2D eigenvalue weighted by molar-refractivity contribution is -0.139. The van der Waals surface area contributed by atoms with Gasteiger partial charge < -0.3 is 25.6 Å². The van der Waals surface area contributed by atoms with Crippen molar-refractivity contribution in [2.24, 2.45) is 5.41 Å². The number of ether oxygens (including phenoxy) is 1. The maximum absolute atomic E-state index is 11.6. The van der Waals surface area contributed by atoms with Gasteiger partial charge >= 0.3 is 12.0 Å². The van der Waals surface area contributed by atoms with Crippen LogP contribution in [0, 0.1) is 5.41 Å². The Morgan fingerprint density at radius 1 is 1.37 bits per heavy atom. The van der Waals surface area contributed by atoms with Gasteiger partial charge in [0, 0.05) is 32.8 Å². The highest BCUT2D eigenvalue weighted by Gasteiger charge is 2.28. The van der Waals surface area contributed by atoms with Crippen LogP contribution < -0.4 is 10.6 Å². The van der Waals surface area contributed by atoms with Gasteiger partial charge in [-0.1, -0.05) is 6.92 Å². The number of aliphatic carboxylic acids is 1. The van der Waals surface area contributed by atoms with Gasteiger partial charge in [0.05, 0.1) is 0 Å². The van der Waals surface area contributed by atoms with E-state index in [1.165, 1.54) is 0 Å². The molecule has 7 heteroatoms. The molecule has 0 radical (unpaired) electrons. The quantitative estimate of drug-likeness (QED) is 0.542. The van der Waals surface area contributed by atoms with Crippen LogP contribution in [0.5, 0.6) is 0 Å². The molecule has 4 N–H and O–H groups in total. The number of carboxylic acid groups (broad SMARTS) is 1. The molecule has 19 heavy (non-hydrogen) atoms. The Kier molecular flexibility index (Phi) is 6.04. The van der Waals surface area contributed by atoms with E-state index in [-0.39, 0.29) is 18.4 Å². The van der Waals surface area contributed by atoms with Gasteiger partial charge in [0.25, 0.3) is 0 Å². The van der Waals surface area contributed by atoms with Crippen LogP contribution in [-0.4, -0.2) is 54.6 Å². The third-order valence-electron chi connectivity index (χ3n) is 3.40. The molecular formula is C12H22N2O5. The molecule has 1 fully saturated rings. The van der Waals surface area contributed by atoms with Crippen LogP contribution in [0.15, 0.2) is 0 Å². The van der Waals surface area contributed by atoms with Crippen molar-refractivity contribution in [1.29, 1.82) is 0 Å². The third-order valence-corrected chi connectivity index (χ3v) is 3.40. The number of nitrogens with one attached hydrogen (secondary N) is 2. The molecule has 1 aliphatic heterocycles. The Morgan fingerprint density at radius 2 is 2.00 bits per heavy atom. The molecule has 1 aliphatic rings. The summed E-state index contributed by atoms with van der Waals surface area (Å²) in [6.45, 7) is 3.63. The van der Waals surface area contributed by atoms with Crippen molar-refractivity contribution in [3.63, 3.8) is 0 Å². The largest absolute Gasteiger partial charge is 0.480 e. The minimum absolute atomic E-state index is 0.00609. The summed E-state index contributed by atoms with van der Waals surface area (Å²) in [4.78, 5) is 22.4. The zero-order chi connectivity index (χ0) is 14.3. The standard InChI is InChI=1S/C12H22N2O5/c1-12(3-6-19-7-4-12)8-13-11(18)14-9(2-5-15)10(16)17/h9,15H,2-8H2,1H3,(H,16,17)(H2,13,14,18). The Balaban J connectivity index is 2.35. The van der Waals surface area contributed by atoms with Crippen molar-refractivity contribution in [3.05, 3.63) is 0 Å². The predicted molar refractivity (Wildman–Crippen MR) is 67.8 cm³/mol. The summed E-state index contributed by atoms with van der Waals surface area (Å²) in [5, 5.41) is 22.6. The number of hydrogen-bond acceptors (Lipinski definition) is 4. The number of carboxylic acids is 1. The van der Waals surface area contributed by atoms with Crippen molar-refractivity contribution in [3.8, 4) is 0 Å². The van der Waals surface area contributed by atoms with Crippen LogP contribution in [0.3, 0.4) is 0 Å². The minimum atomic E-state index is -1.15. The molecule has 0 aromatic rings. The first-order chi connectivity index (χ1) is 8.97. The first-order valence-corrected chi connectivity index (χ1v) is 6.43. The fourth-order valence-electron chi connectivity index (χ4n) is 1.93. The Hall–Kier alpha value is -1.34. The molecule has 0 aromatic heterocycles. The number of aliphatic hydroxyl groups is 1. The number of rotatable bonds is 6. The van der Waals surface area contributed by atoms with Crippen LogP contribution in [0.2, 0.25) is 0 Å². The SMILES string of the molecule is CC1(CNC(=O)NC(CCO)C(=O)O)CCOCC1. The highest BCUT2D eigenvalue weighted by atomic mass is 16.5. The topological polar surface area (TPSA) is 108 Å². The molecular weight excluding hydrogens is 252 g/mol. The van der Waals surface area contributed by atoms with E-state index >= 15 is 0 Å². The van der Waals surface area contributed by atoms with Crippen molar-refractivity contribution in [2.75, 3.05) is 26.4 Å². The maximum Gasteiger partial charge on any atom is 0.326 e. The second-order valence-electron chi connectivity index (χ2n) is 5.15. The van der Waals surface area contributed by atoms with Gasteiger partial charge in [0.1, 0.15) is 6.04 Å². The van der Waals surface area contributed by atoms with Gasteiger partial charge in [0.2, 0.25) is 0 Å². The van der Waals surface area contributed by atoms with E-state index in [9.17, 15) is 9.59 Å². The molecule has 0 saturated carbocycles. The van der Waals surface area contributed by atoms with Gasteiger partial charge in [-0.3, -0.25) is 0 Å². The molecule has 7 nitrogen and oxygen atoms in total. The Labute approximate surface area is 112 Å². The van der Waals surface area contributed by atoms with Crippen molar-refractivity contribution >= 4 is 12.0 Å². The summed E-state index contributed by atoms with van der Waals surface area (Å²) >= 11 is 0. The van der Waals surface area contributed by atoms with E-state index in [0.717, 1.165) is 12.8 Å². The lowest BCUT2D eigenvalue weighted by Crippen LogP contribution is -2.49. The first-order valence-electron chi connectivity index (χ1n) is 6.43. The molecule has 110 valence electrons. The van der Waals surface area contributed by atoms with E-state index in [2.05, 4.69) is 17.6 Å². The van der Waals surface area contributed by atoms with E-state index in [0.29, 0.717) is 19.8 Å². The number of carbonyl (C=O) groups excluding carboxylic acids is 1. The average Bonchev–Trinajstić information content (AvgIpc) is 2.37. The molecule has 0 aromatic carbocycles. The molecule has 0 spiro atoms. The molecule has 0 bridgehead atoms. The maximum atomic E-state index is 11.6. The molecule has 0 aliphatic carbocycles. The number of hydrogen-bond donors (Lipinski definition) is 4. The van der Waals surface area contributed by atoms with E-state index in [1.54, 1.807) is 0 Å². The molecule has 1 saturated heterocycles. The van der Waals surface area contributed by atoms with Gasteiger partial charge in [-0.05, 0) is 18.3 Å². The normalized spacial score (nSPS) is 19.5. The molecule has 2 amide bonds. The smallest absolute Gasteiger partial charge is 0.326 e. The van der Waals surface area contributed by atoms with Gasteiger partial charge in [0.15, 0.2) is 0 Å². The third kappa shape index (κ3) is 5.44. The molecule has 1 heterocycles. The fourth-order valence-corrected chi connectivity index (χ4v) is 1.93. The lowest BCUT2D eigenvalue weighted by Gasteiger charge is -2.33. The second-order valence-corrected chi connectivity index (χ2v) is 5.15. The number of aliphatic hydroxyl groups excluding tert-OH is 1. The van der Waals surface area contributed by atoms with Crippen LogP contribution in [0.1, 0.15) is 26.2 Å². The summed E-state index contributed by atoms with van der Waals surface area (Å²) in [5.41, 5.74) is -0.00864. The van der Waals surface area contributed by atoms with Crippen molar-refractivity contribution < 1.29 is 24.5 Å². The van der Waals surface area contributed by atoms with E-state index in [4.69, 9.17) is 14.9 Å². The highest BCUT2D eigenvalue weighted by Crippen LogP contribution is 2.28. The predicted octanol–water partition coefficient (Wildman–Crippen LogP) is -0.0621. The van der Waals surface area contributed by atoms with Crippen molar-refractivity contribution in [1.82, 2.24) is 10.6 Å². The van der Waals surface area contributed by atoms with E-state index in [1.807, 2.05) is 0 Å². The summed E-state index contributed by atoms with van der Waals surface area (Å²) in [6, 6.07) is -1.58. The summed E-state index contributed by atoms with van der Waals surface area (Å²) in [5.74, 6) is -1.15. The minimum Gasteiger partial charge on any atom is -0.480 e. The Bertz CT molecular complexity index is 315. The zero-order valence-electron chi connectivity index (χ0n) is 11.1. The lowest BCUT2D eigenvalue weighted by atomic mass is 9.82. The summed E-state index contributed by atoms with van der Waals surface area (Å²) in [6.07, 6.45) is 1.73.